The zero-order chi connectivity index (χ0) is 21.0. The first-order valence-corrected chi connectivity index (χ1v) is 10.8. The number of amides is 2. The smallest absolute Gasteiger partial charge is 0.245 e. The van der Waals surface area contributed by atoms with Gasteiger partial charge >= 0.3 is 0 Å². The number of hydrogen-bond acceptors (Lipinski definition) is 5. The average Bonchev–Trinajstić information content (AvgIpc) is 3.20. The minimum Gasteiger partial charge on any atom is -0.354 e. The van der Waals surface area contributed by atoms with Gasteiger partial charge in [-0.3, -0.25) is 24.0 Å². The van der Waals surface area contributed by atoms with Crippen molar-refractivity contribution in [2.75, 3.05) is 6.54 Å². The third-order valence-corrected chi connectivity index (χ3v) is 6.90. The summed E-state index contributed by atoms with van der Waals surface area (Å²) >= 11 is 0. The number of ketones is 1. The van der Waals surface area contributed by atoms with E-state index in [4.69, 9.17) is 0 Å². The molecule has 2 aromatic rings. The van der Waals surface area contributed by atoms with Crippen molar-refractivity contribution in [3.63, 3.8) is 0 Å². The van der Waals surface area contributed by atoms with Gasteiger partial charge in [-0.05, 0) is 49.5 Å². The Kier molecular flexibility index (Phi) is 4.60. The molecule has 0 aromatic carbocycles. The molecule has 8 heteroatoms. The lowest BCUT2D eigenvalue weighted by atomic mass is 9.76. The lowest BCUT2D eigenvalue weighted by Crippen LogP contribution is -2.50. The number of rotatable bonds is 6. The van der Waals surface area contributed by atoms with Crippen LogP contribution in [-0.4, -0.2) is 55.9 Å². The fourth-order valence-electron chi connectivity index (χ4n) is 5.26. The van der Waals surface area contributed by atoms with Crippen LogP contribution in [0, 0.1) is 17.8 Å². The number of nitrogens with one attached hydrogen (secondary N) is 1. The van der Waals surface area contributed by atoms with Crippen LogP contribution in [0.2, 0.25) is 0 Å². The van der Waals surface area contributed by atoms with Crippen LogP contribution >= 0.6 is 0 Å². The van der Waals surface area contributed by atoms with E-state index in [2.05, 4.69) is 22.3 Å². The number of piperidine rings is 1. The number of carbonyl (C=O) groups excluding carboxylic acids is 3. The summed E-state index contributed by atoms with van der Waals surface area (Å²) in [5, 5.41) is 8.14. The predicted octanol–water partition coefficient (Wildman–Crippen LogP) is 1.79. The molecule has 2 aliphatic carbocycles. The van der Waals surface area contributed by atoms with Crippen LogP contribution in [0.5, 0.6) is 0 Å². The molecule has 2 saturated carbocycles. The van der Waals surface area contributed by atoms with Gasteiger partial charge in [0.1, 0.15) is 18.3 Å². The SMILES string of the molecule is CC(=O)c1nn(CC(=O)N2[C@@H]3C[C@@H]3C[C@H]2C(=O)NCC2CC(C)C2)c2cnccc12. The molecule has 2 amide bonds. The molecule has 30 heavy (non-hydrogen) atoms. The van der Waals surface area contributed by atoms with Gasteiger partial charge in [0.25, 0.3) is 0 Å². The highest BCUT2D eigenvalue weighted by Crippen LogP contribution is 2.48. The van der Waals surface area contributed by atoms with Crippen molar-refractivity contribution in [2.45, 2.75) is 58.2 Å². The molecule has 5 rings (SSSR count). The van der Waals surface area contributed by atoms with Gasteiger partial charge in [0, 0.05) is 31.1 Å². The van der Waals surface area contributed by atoms with E-state index in [0.29, 0.717) is 35.0 Å². The molecule has 1 aliphatic heterocycles. The molecule has 3 fully saturated rings. The van der Waals surface area contributed by atoms with E-state index in [1.807, 2.05) is 0 Å². The van der Waals surface area contributed by atoms with Gasteiger partial charge in [-0.25, -0.2) is 0 Å². The molecule has 3 atom stereocenters. The van der Waals surface area contributed by atoms with E-state index >= 15 is 0 Å². The van der Waals surface area contributed by atoms with E-state index < -0.39 is 6.04 Å². The topological polar surface area (TPSA) is 97.2 Å². The summed E-state index contributed by atoms with van der Waals surface area (Å²) in [5.41, 5.74) is 0.998. The highest BCUT2D eigenvalue weighted by Gasteiger charge is 2.56. The summed E-state index contributed by atoms with van der Waals surface area (Å²) in [6, 6.07) is 1.50. The summed E-state index contributed by atoms with van der Waals surface area (Å²) in [4.78, 5) is 43.9. The fraction of sp³-hybridized carbons (Fsp3) is 0.591. The first-order chi connectivity index (χ1) is 14.4. The summed E-state index contributed by atoms with van der Waals surface area (Å²) in [7, 11) is 0. The van der Waals surface area contributed by atoms with E-state index in [0.717, 1.165) is 31.6 Å². The number of likely N-dealkylation sites (tertiary alicyclic amines) is 1. The number of aromatic nitrogens is 3. The third-order valence-electron chi connectivity index (χ3n) is 6.90. The molecule has 1 N–H and O–H groups in total. The monoisotopic (exact) mass is 409 g/mol. The maximum atomic E-state index is 13.2. The molecule has 2 aromatic heterocycles. The molecule has 0 spiro atoms. The van der Waals surface area contributed by atoms with E-state index in [-0.39, 0.29) is 30.2 Å². The van der Waals surface area contributed by atoms with E-state index in [1.165, 1.54) is 6.92 Å². The molecule has 158 valence electrons. The van der Waals surface area contributed by atoms with Crippen molar-refractivity contribution in [3.05, 3.63) is 24.2 Å². The average molecular weight is 409 g/mol. The molecule has 8 nitrogen and oxygen atoms in total. The Morgan fingerprint density at radius 1 is 1.20 bits per heavy atom. The van der Waals surface area contributed by atoms with Gasteiger partial charge in [-0.2, -0.15) is 5.10 Å². The molecule has 1 saturated heterocycles. The number of carbonyl (C=O) groups is 3. The largest absolute Gasteiger partial charge is 0.354 e. The Morgan fingerprint density at radius 2 is 2.00 bits per heavy atom. The number of fused-ring (bicyclic) bond motifs is 2. The quantitative estimate of drug-likeness (QED) is 0.734. The highest BCUT2D eigenvalue weighted by atomic mass is 16.2. The van der Waals surface area contributed by atoms with Crippen LogP contribution in [0.1, 0.15) is 50.0 Å². The van der Waals surface area contributed by atoms with E-state index in [9.17, 15) is 14.4 Å². The van der Waals surface area contributed by atoms with E-state index in [1.54, 1.807) is 28.0 Å². The van der Waals surface area contributed by atoms with Crippen LogP contribution in [0.25, 0.3) is 10.9 Å². The summed E-state index contributed by atoms with van der Waals surface area (Å²) < 4.78 is 1.54. The number of Topliss-reactive ketones (excluding diaryl/α,β-unsaturated/α-hetero) is 1. The molecule has 0 unspecified atom stereocenters. The summed E-state index contributed by atoms with van der Waals surface area (Å²) in [6.45, 7) is 4.40. The van der Waals surface area contributed by atoms with Crippen molar-refractivity contribution in [2.24, 2.45) is 17.8 Å². The van der Waals surface area contributed by atoms with Crippen LogP contribution < -0.4 is 5.32 Å². The van der Waals surface area contributed by atoms with Gasteiger partial charge in [0.15, 0.2) is 5.78 Å². The van der Waals surface area contributed by atoms with Crippen LogP contribution in [-0.2, 0) is 16.1 Å². The standard InChI is InChI=1S/C22H27N5O3/c1-12-5-14(6-12)9-24-22(30)18-8-15-7-17(15)27(18)20(29)11-26-19-10-23-4-3-16(19)21(25-26)13(2)28/h3-4,10,12,14-15,17-18H,5-9,11H2,1-2H3,(H,24,30)/t12?,14?,15-,17-,18+/m1/s1. The Morgan fingerprint density at radius 3 is 2.73 bits per heavy atom. The van der Waals surface area contributed by atoms with Gasteiger partial charge < -0.3 is 10.2 Å². The van der Waals surface area contributed by atoms with Gasteiger partial charge in [-0.1, -0.05) is 6.92 Å². The van der Waals surface area contributed by atoms with Crippen molar-refractivity contribution in [1.82, 2.24) is 25.0 Å². The number of pyridine rings is 1. The summed E-state index contributed by atoms with van der Waals surface area (Å²) in [6.07, 6.45) is 7.27. The normalized spacial score (nSPS) is 29.4. The minimum atomic E-state index is -0.397. The second-order valence-corrected chi connectivity index (χ2v) is 9.26. The lowest BCUT2D eigenvalue weighted by Gasteiger charge is -2.33. The van der Waals surface area contributed by atoms with Crippen molar-refractivity contribution in [3.8, 4) is 0 Å². The molecular formula is C22H27N5O3. The maximum Gasteiger partial charge on any atom is 0.245 e. The first kappa shape index (κ1) is 19.2. The molecule has 0 radical (unpaired) electrons. The molecule has 3 aliphatic rings. The Balaban J connectivity index is 1.31. The highest BCUT2D eigenvalue weighted by molar-refractivity contribution is 6.04. The molecular weight excluding hydrogens is 382 g/mol. The van der Waals surface area contributed by atoms with Crippen molar-refractivity contribution in [1.29, 1.82) is 0 Å². The second-order valence-electron chi connectivity index (χ2n) is 9.26. The van der Waals surface area contributed by atoms with Gasteiger partial charge in [0.2, 0.25) is 11.8 Å². The zero-order valence-electron chi connectivity index (χ0n) is 17.4. The van der Waals surface area contributed by atoms with Crippen LogP contribution in [0.4, 0.5) is 0 Å². The first-order valence-electron chi connectivity index (χ1n) is 10.8. The van der Waals surface area contributed by atoms with Crippen LogP contribution in [0.3, 0.4) is 0 Å². The Bertz CT molecular complexity index is 1020. The number of nitrogens with zero attached hydrogens (tertiary/aromatic N) is 4. The third kappa shape index (κ3) is 3.28. The predicted molar refractivity (Wildman–Crippen MR) is 110 cm³/mol. The van der Waals surface area contributed by atoms with Crippen molar-refractivity contribution >= 4 is 28.5 Å². The lowest BCUT2D eigenvalue weighted by molar-refractivity contribution is -0.140. The summed E-state index contributed by atoms with van der Waals surface area (Å²) in [5.74, 6) is 1.44. The van der Waals surface area contributed by atoms with Gasteiger partial charge in [0.05, 0.1) is 11.7 Å². The molecule has 0 bridgehead atoms. The molecule has 3 heterocycles. The van der Waals surface area contributed by atoms with Crippen molar-refractivity contribution < 1.29 is 14.4 Å². The Hall–Kier alpha value is -2.77. The fourth-order valence-corrected chi connectivity index (χ4v) is 5.26. The zero-order valence-corrected chi connectivity index (χ0v) is 17.4. The van der Waals surface area contributed by atoms with Crippen LogP contribution in [0.15, 0.2) is 18.5 Å². The minimum absolute atomic E-state index is 0.00259. The Labute approximate surface area is 175 Å². The van der Waals surface area contributed by atoms with Gasteiger partial charge in [-0.15, -0.1) is 0 Å². The number of hydrogen-bond donors (Lipinski definition) is 1. The second kappa shape index (κ2) is 7.18. The maximum absolute atomic E-state index is 13.2.